The maximum absolute atomic E-state index is 12.7. The number of hydrogen-bond donors (Lipinski definition) is 1. The molecule has 25 heavy (non-hydrogen) atoms. The molecule has 1 heterocycles. The first kappa shape index (κ1) is 20.1. The molecule has 0 aromatic heterocycles. The second-order valence-corrected chi connectivity index (χ2v) is 8.02. The van der Waals surface area contributed by atoms with Crippen LogP contribution in [0.3, 0.4) is 0 Å². The minimum Gasteiger partial charge on any atom is -0.375 e. The van der Waals surface area contributed by atoms with Gasteiger partial charge in [-0.05, 0) is 18.9 Å². The zero-order chi connectivity index (χ0) is 18.6. The Morgan fingerprint density at radius 1 is 1.36 bits per heavy atom. The molecule has 0 unspecified atom stereocenters. The second kappa shape index (κ2) is 8.92. The van der Waals surface area contributed by atoms with Crippen LogP contribution < -0.4 is 5.32 Å². The van der Waals surface area contributed by atoms with Crippen molar-refractivity contribution >= 4 is 35.2 Å². The lowest BCUT2D eigenvalue weighted by molar-refractivity contribution is -0.143. The van der Waals surface area contributed by atoms with Gasteiger partial charge in [0.1, 0.15) is 18.0 Å². The highest BCUT2D eigenvalue weighted by Crippen LogP contribution is 2.43. The number of benzene rings is 1. The zero-order valence-electron chi connectivity index (χ0n) is 15.0. The molecule has 138 valence electrons. The van der Waals surface area contributed by atoms with E-state index in [-0.39, 0.29) is 29.8 Å². The second-order valence-electron chi connectivity index (χ2n) is 6.50. The highest BCUT2D eigenvalue weighted by atomic mass is 35.5. The Balaban J connectivity index is 2.27. The Morgan fingerprint density at radius 3 is 2.64 bits per heavy atom. The number of amides is 2. The summed E-state index contributed by atoms with van der Waals surface area (Å²) in [4.78, 5) is 27.0. The van der Waals surface area contributed by atoms with Crippen molar-refractivity contribution < 1.29 is 14.3 Å². The van der Waals surface area contributed by atoms with Crippen molar-refractivity contribution in [1.82, 2.24) is 10.2 Å². The molecule has 1 aliphatic heterocycles. The normalized spacial score (nSPS) is 21.4. The fraction of sp³-hybridized carbons (Fsp3) is 0.556. The number of nitrogens with one attached hydrogen (secondary N) is 1. The minimum absolute atomic E-state index is 0.0382. The number of rotatable bonds is 6. The van der Waals surface area contributed by atoms with Gasteiger partial charge >= 0.3 is 0 Å². The zero-order valence-corrected chi connectivity index (χ0v) is 16.6. The SMILES string of the molecule is COCC(=O)N1[C@@H](c2ccccc2Cl)SC[C@H]1C(=O)N[C@@H](C)C(C)C. The van der Waals surface area contributed by atoms with Gasteiger partial charge in [0.25, 0.3) is 0 Å². The monoisotopic (exact) mass is 384 g/mol. The fourth-order valence-electron chi connectivity index (χ4n) is 2.61. The molecule has 1 aromatic carbocycles. The van der Waals surface area contributed by atoms with E-state index in [1.54, 1.807) is 22.7 Å². The third-order valence-corrected chi connectivity index (χ3v) is 6.05. The van der Waals surface area contributed by atoms with Crippen LogP contribution in [0.1, 0.15) is 31.7 Å². The minimum atomic E-state index is -0.532. The van der Waals surface area contributed by atoms with E-state index in [1.807, 2.05) is 25.1 Å². The van der Waals surface area contributed by atoms with Crippen molar-refractivity contribution in [3.8, 4) is 0 Å². The van der Waals surface area contributed by atoms with Crippen molar-refractivity contribution in [2.24, 2.45) is 5.92 Å². The lowest BCUT2D eigenvalue weighted by atomic mass is 10.1. The molecule has 2 amide bonds. The smallest absolute Gasteiger partial charge is 0.250 e. The van der Waals surface area contributed by atoms with E-state index in [0.717, 1.165) is 5.56 Å². The van der Waals surface area contributed by atoms with Gasteiger partial charge < -0.3 is 15.0 Å². The molecule has 3 atom stereocenters. The van der Waals surface area contributed by atoms with E-state index < -0.39 is 6.04 Å². The Morgan fingerprint density at radius 2 is 2.04 bits per heavy atom. The first-order valence-corrected chi connectivity index (χ1v) is 9.76. The van der Waals surface area contributed by atoms with Gasteiger partial charge in [-0.1, -0.05) is 43.6 Å². The van der Waals surface area contributed by atoms with Crippen molar-refractivity contribution in [2.45, 2.75) is 38.2 Å². The molecule has 1 aliphatic rings. The van der Waals surface area contributed by atoms with E-state index in [1.165, 1.54) is 7.11 Å². The van der Waals surface area contributed by atoms with E-state index in [9.17, 15) is 9.59 Å². The first-order chi connectivity index (χ1) is 11.9. The summed E-state index contributed by atoms with van der Waals surface area (Å²) in [5.74, 6) is 0.505. The van der Waals surface area contributed by atoms with Crippen LogP contribution in [0.4, 0.5) is 0 Å². The number of halogens is 1. The lowest BCUT2D eigenvalue weighted by Gasteiger charge is -2.30. The van der Waals surface area contributed by atoms with Crippen LogP contribution in [0.2, 0.25) is 5.02 Å². The van der Waals surface area contributed by atoms with Crippen LogP contribution >= 0.6 is 23.4 Å². The summed E-state index contributed by atoms with van der Waals surface area (Å²) in [6.45, 7) is 6.01. The van der Waals surface area contributed by atoms with Crippen LogP contribution in [-0.2, 0) is 14.3 Å². The van der Waals surface area contributed by atoms with E-state index in [0.29, 0.717) is 16.7 Å². The highest BCUT2D eigenvalue weighted by Gasteiger charge is 2.43. The first-order valence-electron chi connectivity index (χ1n) is 8.33. The van der Waals surface area contributed by atoms with E-state index in [4.69, 9.17) is 16.3 Å². The predicted octanol–water partition coefficient (Wildman–Crippen LogP) is 3.09. The molecule has 1 fully saturated rings. The van der Waals surface area contributed by atoms with Gasteiger partial charge in [0.15, 0.2) is 0 Å². The number of carbonyl (C=O) groups is 2. The van der Waals surface area contributed by atoms with Gasteiger partial charge in [0, 0.05) is 29.5 Å². The van der Waals surface area contributed by atoms with Crippen LogP contribution in [0, 0.1) is 5.92 Å². The molecule has 7 heteroatoms. The number of thioether (sulfide) groups is 1. The third kappa shape index (κ3) is 4.68. The molecule has 0 aliphatic carbocycles. The summed E-state index contributed by atoms with van der Waals surface area (Å²) in [6, 6.07) is 6.93. The summed E-state index contributed by atoms with van der Waals surface area (Å²) in [5, 5.41) is 3.31. The molecule has 1 N–H and O–H groups in total. The topological polar surface area (TPSA) is 58.6 Å². The summed E-state index contributed by atoms with van der Waals surface area (Å²) in [6.07, 6.45) is 0. The third-order valence-electron chi connectivity index (χ3n) is 4.40. The largest absolute Gasteiger partial charge is 0.375 e. The van der Waals surface area contributed by atoms with Crippen LogP contribution in [0.15, 0.2) is 24.3 Å². The van der Waals surface area contributed by atoms with Crippen molar-refractivity contribution in [3.63, 3.8) is 0 Å². The van der Waals surface area contributed by atoms with Crippen LogP contribution in [-0.4, -0.2) is 48.3 Å². The van der Waals surface area contributed by atoms with Crippen molar-refractivity contribution in [3.05, 3.63) is 34.9 Å². The van der Waals surface area contributed by atoms with Gasteiger partial charge in [0.2, 0.25) is 11.8 Å². The average Bonchev–Trinajstić information content (AvgIpc) is 3.00. The summed E-state index contributed by atoms with van der Waals surface area (Å²) >= 11 is 7.87. The molecule has 0 spiro atoms. The fourth-order valence-corrected chi connectivity index (χ4v) is 4.40. The highest BCUT2D eigenvalue weighted by molar-refractivity contribution is 7.99. The number of hydrogen-bond acceptors (Lipinski definition) is 4. The Labute approximate surface area is 158 Å². The maximum atomic E-state index is 12.7. The molecule has 5 nitrogen and oxygen atoms in total. The van der Waals surface area contributed by atoms with Crippen LogP contribution in [0.5, 0.6) is 0 Å². The Hall–Kier alpha value is -1.24. The van der Waals surface area contributed by atoms with Gasteiger partial charge in [-0.25, -0.2) is 0 Å². The van der Waals surface area contributed by atoms with Gasteiger partial charge in [-0.3, -0.25) is 9.59 Å². The molecule has 1 aromatic rings. The molecule has 0 bridgehead atoms. The number of ether oxygens (including phenoxy) is 1. The average molecular weight is 385 g/mol. The summed E-state index contributed by atoms with van der Waals surface area (Å²) in [5.41, 5.74) is 0.839. The quantitative estimate of drug-likeness (QED) is 0.818. The van der Waals surface area contributed by atoms with Crippen LogP contribution in [0.25, 0.3) is 0 Å². The van der Waals surface area contributed by atoms with Gasteiger partial charge in [0.05, 0.1) is 0 Å². The standard InChI is InChI=1S/C18H25ClN2O3S/c1-11(2)12(3)20-17(23)15-10-25-18(21(15)16(22)9-24-4)13-7-5-6-8-14(13)19/h5-8,11-12,15,18H,9-10H2,1-4H3,(H,20,23)/t12-,15-,18+/m0/s1. The lowest BCUT2D eigenvalue weighted by Crippen LogP contribution is -2.51. The van der Waals surface area contributed by atoms with E-state index in [2.05, 4.69) is 19.2 Å². The number of carbonyl (C=O) groups excluding carboxylic acids is 2. The molecule has 1 saturated heterocycles. The number of nitrogens with zero attached hydrogens (tertiary/aromatic N) is 1. The molecular formula is C18H25ClN2O3S. The molecular weight excluding hydrogens is 360 g/mol. The number of methoxy groups -OCH3 is 1. The van der Waals surface area contributed by atoms with Gasteiger partial charge in [-0.2, -0.15) is 0 Å². The van der Waals surface area contributed by atoms with Gasteiger partial charge in [-0.15, -0.1) is 11.8 Å². The van der Waals surface area contributed by atoms with E-state index >= 15 is 0 Å². The molecule has 0 saturated carbocycles. The molecule has 0 radical (unpaired) electrons. The van der Waals surface area contributed by atoms with Crippen molar-refractivity contribution in [1.29, 1.82) is 0 Å². The predicted molar refractivity (Wildman–Crippen MR) is 102 cm³/mol. The Kier molecular flexibility index (Phi) is 7.16. The summed E-state index contributed by atoms with van der Waals surface area (Å²) in [7, 11) is 1.47. The summed E-state index contributed by atoms with van der Waals surface area (Å²) < 4.78 is 5.01. The molecule has 2 rings (SSSR count). The Bertz CT molecular complexity index is 626. The maximum Gasteiger partial charge on any atom is 0.250 e. The van der Waals surface area contributed by atoms with Crippen molar-refractivity contribution in [2.75, 3.05) is 19.5 Å².